The van der Waals surface area contributed by atoms with Crippen LogP contribution in [0.15, 0.2) is 28.8 Å². The number of ether oxygens (including phenoxy) is 1. The van der Waals surface area contributed by atoms with Gasteiger partial charge in [0.2, 0.25) is 0 Å². The number of halogens is 4. The van der Waals surface area contributed by atoms with Crippen LogP contribution in [0.2, 0.25) is 5.02 Å². The number of aromatic nitrogens is 1. The predicted octanol–water partition coefficient (Wildman–Crippen LogP) is 4.20. The largest absolute Gasteiger partial charge is 0.522 e. The number of benzene rings is 1. The van der Waals surface area contributed by atoms with E-state index in [1.807, 2.05) is 0 Å². The fourth-order valence-electron chi connectivity index (χ4n) is 2.86. The van der Waals surface area contributed by atoms with Crippen molar-refractivity contribution in [3.05, 3.63) is 34.9 Å². The zero-order chi connectivity index (χ0) is 18.9. The van der Waals surface area contributed by atoms with Gasteiger partial charge in [-0.2, -0.15) is 0 Å². The average molecular weight is 391 g/mol. The first kappa shape index (κ1) is 18.5. The Morgan fingerprint density at radius 2 is 1.88 bits per heavy atom. The maximum Gasteiger partial charge on any atom is 0.522 e. The molecule has 0 saturated carbocycles. The summed E-state index contributed by atoms with van der Waals surface area (Å²) in [5.41, 5.74) is 0.350. The minimum absolute atomic E-state index is 0.0674. The molecule has 0 radical (unpaired) electrons. The van der Waals surface area contributed by atoms with E-state index >= 15 is 0 Å². The van der Waals surface area contributed by atoms with E-state index in [2.05, 4.69) is 9.89 Å². The van der Waals surface area contributed by atoms with Gasteiger partial charge in [0.15, 0.2) is 17.1 Å². The average Bonchev–Trinajstić information content (AvgIpc) is 3.00. The van der Waals surface area contributed by atoms with E-state index in [1.54, 1.807) is 29.2 Å². The summed E-state index contributed by atoms with van der Waals surface area (Å²) in [4.78, 5) is 13.3. The molecular formula is C16H14ClF3N2O4. The first-order valence-corrected chi connectivity index (χ1v) is 8.11. The number of hydrogen-bond acceptors (Lipinski definition) is 5. The van der Waals surface area contributed by atoms with Gasteiger partial charge in [0, 0.05) is 23.7 Å². The highest BCUT2D eigenvalue weighted by Gasteiger charge is 2.36. The molecule has 1 aromatic carbocycles. The van der Waals surface area contributed by atoms with Crippen molar-refractivity contribution in [2.75, 3.05) is 18.0 Å². The van der Waals surface area contributed by atoms with E-state index in [1.165, 1.54) is 0 Å². The van der Waals surface area contributed by atoms with Crippen LogP contribution in [0.3, 0.4) is 0 Å². The standard InChI is InChI=1S/C16H14ClF3N2O4/c17-10-3-1-9(2-4-10)13-12(15(23)24)14(21-26-13)22-7-5-11(6-8-22)25-16(18,19)20/h1-4,11H,5-8H2,(H,23,24). The molecule has 1 fully saturated rings. The molecule has 0 bridgehead atoms. The van der Waals surface area contributed by atoms with Crippen LogP contribution in [-0.2, 0) is 4.74 Å². The molecule has 26 heavy (non-hydrogen) atoms. The molecule has 140 valence electrons. The van der Waals surface area contributed by atoms with Gasteiger partial charge in [-0.15, -0.1) is 13.2 Å². The molecule has 10 heteroatoms. The van der Waals surface area contributed by atoms with Crippen molar-refractivity contribution >= 4 is 23.4 Å². The Kier molecular flexibility index (Phi) is 5.10. The van der Waals surface area contributed by atoms with Crippen LogP contribution in [0, 0.1) is 0 Å². The van der Waals surface area contributed by atoms with Crippen LogP contribution in [-0.4, -0.2) is 41.8 Å². The molecule has 0 atom stereocenters. The summed E-state index contributed by atoms with van der Waals surface area (Å²) < 4.78 is 46.1. The van der Waals surface area contributed by atoms with Crippen molar-refractivity contribution in [3.63, 3.8) is 0 Å². The zero-order valence-corrected chi connectivity index (χ0v) is 14.0. The van der Waals surface area contributed by atoms with Crippen LogP contribution in [0.25, 0.3) is 11.3 Å². The van der Waals surface area contributed by atoms with Gasteiger partial charge in [-0.25, -0.2) is 4.79 Å². The summed E-state index contributed by atoms with van der Waals surface area (Å²) in [6.07, 6.45) is -5.44. The van der Waals surface area contributed by atoms with Gasteiger partial charge in [0.05, 0.1) is 6.10 Å². The Hall–Kier alpha value is -2.26. The number of nitrogens with zero attached hydrogens (tertiary/aromatic N) is 2. The van der Waals surface area contributed by atoms with Crippen LogP contribution in [0.4, 0.5) is 19.0 Å². The minimum Gasteiger partial charge on any atom is -0.477 e. The number of alkyl halides is 3. The van der Waals surface area contributed by atoms with E-state index in [0.717, 1.165) is 0 Å². The highest BCUT2D eigenvalue weighted by Crippen LogP contribution is 2.34. The van der Waals surface area contributed by atoms with Crippen molar-refractivity contribution in [2.24, 2.45) is 0 Å². The van der Waals surface area contributed by atoms with Crippen LogP contribution < -0.4 is 4.90 Å². The molecular weight excluding hydrogens is 377 g/mol. The zero-order valence-electron chi connectivity index (χ0n) is 13.3. The number of carboxylic acids is 1. The highest BCUT2D eigenvalue weighted by molar-refractivity contribution is 6.30. The Bertz CT molecular complexity index is 784. The number of aromatic carboxylic acids is 1. The van der Waals surface area contributed by atoms with E-state index in [-0.39, 0.29) is 43.1 Å². The van der Waals surface area contributed by atoms with Gasteiger partial charge in [-0.05, 0) is 37.1 Å². The van der Waals surface area contributed by atoms with Gasteiger partial charge < -0.3 is 14.5 Å². The maximum atomic E-state index is 12.3. The summed E-state index contributed by atoms with van der Waals surface area (Å²) in [6, 6.07) is 6.38. The summed E-state index contributed by atoms with van der Waals surface area (Å²) in [5, 5.41) is 13.9. The number of carboxylic acid groups (broad SMARTS) is 1. The molecule has 0 spiro atoms. The smallest absolute Gasteiger partial charge is 0.477 e. The summed E-state index contributed by atoms with van der Waals surface area (Å²) >= 11 is 5.83. The Labute approximate surface area is 151 Å². The lowest BCUT2D eigenvalue weighted by atomic mass is 10.1. The lowest BCUT2D eigenvalue weighted by Gasteiger charge is -2.32. The monoisotopic (exact) mass is 390 g/mol. The first-order valence-electron chi connectivity index (χ1n) is 7.73. The van der Waals surface area contributed by atoms with Crippen LogP contribution in [0.5, 0.6) is 0 Å². The van der Waals surface area contributed by atoms with E-state index in [4.69, 9.17) is 16.1 Å². The quantitative estimate of drug-likeness (QED) is 0.843. The van der Waals surface area contributed by atoms with Crippen LogP contribution in [0.1, 0.15) is 23.2 Å². The second-order valence-electron chi connectivity index (χ2n) is 5.77. The third-order valence-electron chi connectivity index (χ3n) is 4.04. The molecule has 2 heterocycles. The summed E-state index contributed by atoms with van der Waals surface area (Å²) in [6.45, 7) is 0.348. The molecule has 1 N–H and O–H groups in total. The van der Waals surface area contributed by atoms with Crippen molar-refractivity contribution in [1.29, 1.82) is 0 Å². The fourth-order valence-corrected chi connectivity index (χ4v) is 2.99. The molecule has 0 amide bonds. The van der Waals surface area contributed by atoms with Crippen molar-refractivity contribution in [2.45, 2.75) is 25.3 Å². The van der Waals surface area contributed by atoms with Gasteiger partial charge in [0.1, 0.15) is 0 Å². The van der Waals surface area contributed by atoms with Crippen molar-refractivity contribution in [1.82, 2.24) is 5.16 Å². The van der Waals surface area contributed by atoms with Gasteiger partial charge in [-0.1, -0.05) is 16.8 Å². The lowest BCUT2D eigenvalue weighted by molar-refractivity contribution is -0.344. The normalized spacial score (nSPS) is 16.1. The second-order valence-corrected chi connectivity index (χ2v) is 6.21. The number of rotatable bonds is 4. The van der Waals surface area contributed by atoms with E-state index < -0.39 is 18.4 Å². The second kappa shape index (κ2) is 7.16. The molecule has 2 aromatic rings. The third-order valence-corrected chi connectivity index (χ3v) is 4.29. The molecule has 0 unspecified atom stereocenters. The SMILES string of the molecule is O=C(O)c1c(N2CCC(OC(F)(F)F)CC2)noc1-c1ccc(Cl)cc1. The Morgan fingerprint density at radius 1 is 1.27 bits per heavy atom. The molecule has 1 aliphatic rings. The van der Waals surface area contributed by atoms with Gasteiger partial charge in [0.25, 0.3) is 0 Å². The first-order chi connectivity index (χ1) is 12.2. The highest BCUT2D eigenvalue weighted by atomic mass is 35.5. The van der Waals surface area contributed by atoms with Crippen LogP contribution >= 0.6 is 11.6 Å². The number of anilines is 1. The Morgan fingerprint density at radius 3 is 2.42 bits per heavy atom. The van der Waals surface area contributed by atoms with Crippen molar-refractivity contribution in [3.8, 4) is 11.3 Å². The molecule has 3 rings (SSSR count). The number of piperidine rings is 1. The maximum absolute atomic E-state index is 12.3. The van der Waals surface area contributed by atoms with E-state index in [0.29, 0.717) is 10.6 Å². The third kappa shape index (κ3) is 4.10. The summed E-state index contributed by atoms with van der Waals surface area (Å²) in [5.74, 6) is -1.08. The fraction of sp³-hybridized carbons (Fsp3) is 0.375. The van der Waals surface area contributed by atoms with Gasteiger partial charge in [-0.3, -0.25) is 4.74 Å². The summed E-state index contributed by atoms with van der Waals surface area (Å²) in [7, 11) is 0. The molecule has 6 nitrogen and oxygen atoms in total. The number of hydrogen-bond donors (Lipinski definition) is 1. The molecule has 1 aromatic heterocycles. The molecule has 1 aliphatic heterocycles. The molecule has 1 saturated heterocycles. The molecule has 0 aliphatic carbocycles. The predicted molar refractivity (Wildman–Crippen MR) is 86.3 cm³/mol. The minimum atomic E-state index is -4.69. The van der Waals surface area contributed by atoms with Crippen molar-refractivity contribution < 1.29 is 32.3 Å². The topological polar surface area (TPSA) is 75.8 Å². The van der Waals surface area contributed by atoms with E-state index in [9.17, 15) is 23.1 Å². The Balaban J connectivity index is 1.81. The number of carbonyl (C=O) groups is 1. The van der Waals surface area contributed by atoms with Gasteiger partial charge >= 0.3 is 12.3 Å². The lowest BCUT2D eigenvalue weighted by Crippen LogP contribution is -2.39.